The molecule has 0 fully saturated rings. The van der Waals surface area contributed by atoms with Gasteiger partial charge in [0.15, 0.2) is 0 Å². The second-order valence-corrected chi connectivity index (χ2v) is 6.77. The summed E-state index contributed by atoms with van der Waals surface area (Å²) in [5, 5.41) is 30.2. The zero-order valence-electron chi connectivity index (χ0n) is 15.3. The van der Waals surface area contributed by atoms with Gasteiger partial charge in [0.25, 0.3) is 0 Å². The van der Waals surface area contributed by atoms with Crippen LogP contribution in [0.15, 0.2) is 5.16 Å². The molecule has 0 aromatic rings. The van der Waals surface area contributed by atoms with Crippen LogP contribution in [0.4, 0.5) is 0 Å². The predicted molar refractivity (Wildman–Crippen MR) is 93.5 cm³/mol. The summed E-state index contributed by atoms with van der Waals surface area (Å²) in [5.41, 5.74) is 0.0460. The van der Waals surface area contributed by atoms with Gasteiger partial charge in [0.1, 0.15) is 0 Å². The molecular weight excluding hydrogens is 312 g/mol. The molecule has 5 N–H and O–H groups in total. The smallest absolute Gasteiger partial charge is 0.303 e. The Morgan fingerprint density at radius 1 is 1.17 bits per heavy atom. The molecular formula is C16H32N4O4. The Morgan fingerprint density at radius 2 is 1.79 bits per heavy atom. The summed E-state index contributed by atoms with van der Waals surface area (Å²) in [6, 6.07) is 0.126. The van der Waals surface area contributed by atoms with Gasteiger partial charge >= 0.3 is 5.97 Å². The van der Waals surface area contributed by atoms with E-state index in [0.29, 0.717) is 25.2 Å². The predicted octanol–water partition coefficient (Wildman–Crippen LogP) is 0.942. The maximum absolute atomic E-state index is 12.0. The number of carboxylic acid groups (broad SMARTS) is 1. The third kappa shape index (κ3) is 10.2. The number of carbonyl (C=O) groups is 2. The van der Waals surface area contributed by atoms with Gasteiger partial charge in [-0.2, -0.15) is 0 Å². The fraction of sp³-hybridized carbons (Fsp3) is 0.812. The second-order valence-electron chi connectivity index (χ2n) is 6.77. The molecule has 8 heteroatoms. The standard InChI is InChI=1S/C16H32N4O4/c1-11(2)17-9-13(10-18-16(4,5)12(3)20-24)19-14(21)7-6-8-15(22)23/h11,13,17-18,24H,6-10H2,1-5H3,(H,19,21)(H,22,23)/b20-12+. The summed E-state index contributed by atoms with van der Waals surface area (Å²) >= 11 is 0. The van der Waals surface area contributed by atoms with E-state index < -0.39 is 11.5 Å². The first kappa shape index (κ1) is 22.3. The van der Waals surface area contributed by atoms with Crippen molar-refractivity contribution in [2.75, 3.05) is 13.1 Å². The largest absolute Gasteiger partial charge is 0.481 e. The Hall–Kier alpha value is -1.67. The lowest BCUT2D eigenvalue weighted by Crippen LogP contribution is -2.55. The monoisotopic (exact) mass is 344 g/mol. The Labute approximate surface area is 144 Å². The molecule has 0 saturated heterocycles. The highest BCUT2D eigenvalue weighted by Crippen LogP contribution is 2.05. The normalized spacial score (nSPS) is 13.8. The molecule has 1 amide bonds. The van der Waals surface area contributed by atoms with Crippen molar-refractivity contribution < 1.29 is 19.9 Å². The minimum atomic E-state index is -0.900. The number of carbonyl (C=O) groups excluding carboxylic acids is 1. The van der Waals surface area contributed by atoms with Crippen LogP contribution in [0.2, 0.25) is 0 Å². The van der Waals surface area contributed by atoms with E-state index in [0.717, 1.165) is 0 Å². The van der Waals surface area contributed by atoms with Crippen LogP contribution in [-0.4, -0.2) is 58.6 Å². The van der Waals surface area contributed by atoms with Crippen molar-refractivity contribution >= 4 is 17.6 Å². The van der Waals surface area contributed by atoms with Crippen molar-refractivity contribution in [3.05, 3.63) is 0 Å². The van der Waals surface area contributed by atoms with Crippen molar-refractivity contribution in [3.63, 3.8) is 0 Å². The van der Waals surface area contributed by atoms with Gasteiger partial charge in [0.05, 0.1) is 17.3 Å². The summed E-state index contributed by atoms with van der Waals surface area (Å²) in [7, 11) is 0. The lowest BCUT2D eigenvalue weighted by molar-refractivity contribution is -0.137. The quantitative estimate of drug-likeness (QED) is 0.204. The van der Waals surface area contributed by atoms with E-state index in [2.05, 4.69) is 21.1 Å². The first-order chi connectivity index (χ1) is 11.1. The number of amides is 1. The molecule has 8 nitrogen and oxygen atoms in total. The summed E-state index contributed by atoms with van der Waals surface area (Å²) in [6.45, 7) is 10.6. The molecule has 0 saturated carbocycles. The lowest BCUT2D eigenvalue weighted by atomic mass is 9.99. The first-order valence-electron chi connectivity index (χ1n) is 8.27. The van der Waals surface area contributed by atoms with Crippen molar-refractivity contribution in [1.29, 1.82) is 0 Å². The summed E-state index contributed by atoms with van der Waals surface area (Å²) in [5.74, 6) is -1.07. The van der Waals surface area contributed by atoms with Crippen molar-refractivity contribution in [2.45, 2.75) is 71.5 Å². The number of nitrogens with zero attached hydrogens (tertiary/aromatic N) is 1. The van der Waals surface area contributed by atoms with E-state index >= 15 is 0 Å². The molecule has 0 rings (SSSR count). The van der Waals surface area contributed by atoms with Gasteiger partial charge in [-0.05, 0) is 27.2 Å². The van der Waals surface area contributed by atoms with Gasteiger partial charge in [-0.1, -0.05) is 19.0 Å². The number of oxime groups is 1. The molecule has 0 aliphatic carbocycles. The van der Waals surface area contributed by atoms with Gasteiger partial charge in [0.2, 0.25) is 5.91 Å². The SMILES string of the molecule is C/C(=N\O)C(C)(C)NCC(CNC(C)C)NC(=O)CCCC(=O)O. The first-order valence-corrected chi connectivity index (χ1v) is 8.27. The summed E-state index contributed by atoms with van der Waals surface area (Å²) < 4.78 is 0. The average molecular weight is 344 g/mol. The van der Waals surface area contributed by atoms with Crippen LogP contribution in [0, 0.1) is 0 Å². The molecule has 140 valence electrons. The Morgan fingerprint density at radius 3 is 2.29 bits per heavy atom. The summed E-state index contributed by atoms with van der Waals surface area (Å²) in [6.07, 6.45) is 0.492. The molecule has 0 spiro atoms. The van der Waals surface area contributed by atoms with E-state index in [4.69, 9.17) is 10.3 Å². The van der Waals surface area contributed by atoms with Gasteiger partial charge in [-0.15, -0.1) is 0 Å². The molecule has 0 bridgehead atoms. The van der Waals surface area contributed by atoms with Crippen LogP contribution in [0.3, 0.4) is 0 Å². The summed E-state index contributed by atoms with van der Waals surface area (Å²) in [4.78, 5) is 22.5. The fourth-order valence-corrected chi connectivity index (χ4v) is 1.88. The molecule has 0 aromatic carbocycles. The minimum Gasteiger partial charge on any atom is -0.481 e. The Balaban J connectivity index is 4.57. The van der Waals surface area contributed by atoms with Crippen LogP contribution < -0.4 is 16.0 Å². The molecule has 1 unspecified atom stereocenters. The number of nitrogens with one attached hydrogen (secondary N) is 3. The zero-order chi connectivity index (χ0) is 18.8. The number of hydrogen-bond donors (Lipinski definition) is 5. The molecule has 0 aromatic heterocycles. The topological polar surface area (TPSA) is 123 Å². The van der Waals surface area contributed by atoms with Crippen LogP contribution in [0.1, 0.15) is 53.9 Å². The van der Waals surface area contributed by atoms with Crippen LogP contribution in [0.5, 0.6) is 0 Å². The van der Waals surface area contributed by atoms with E-state index in [1.807, 2.05) is 27.7 Å². The third-order valence-corrected chi connectivity index (χ3v) is 3.78. The second kappa shape index (κ2) is 11.0. The third-order valence-electron chi connectivity index (χ3n) is 3.78. The van der Waals surface area contributed by atoms with Gasteiger partial charge in [0, 0.05) is 32.0 Å². The van der Waals surface area contributed by atoms with Crippen molar-refractivity contribution in [1.82, 2.24) is 16.0 Å². The maximum atomic E-state index is 12.0. The van der Waals surface area contributed by atoms with Gasteiger partial charge in [-0.3, -0.25) is 9.59 Å². The van der Waals surface area contributed by atoms with E-state index in [1.165, 1.54) is 0 Å². The van der Waals surface area contributed by atoms with E-state index in [9.17, 15) is 9.59 Å². The van der Waals surface area contributed by atoms with Gasteiger partial charge < -0.3 is 26.3 Å². The molecule has 0 aliphatic heterocycles. The Kier molecular flexibility index (Phi) is 10.2. The van der Waals surface area contributed by atoms with Crippen LogP contribution in [-0.2, 0) is 9.59 Å². The molecule has 0 heterocycles. The van der Waals surface area contributed by atoms with Crippen LogP contribution >= 0.6 is 0 Å². The number of carboxylic acids is 1. The molecule has 24 heavy (non-hydrogen) atoms. The molecule has 1 atom stereocenters. The van der Waals surface area contributed by atoms with Crippen molar-refractivity contribution in [2.24, 2.45) is 5.16 Å². The van der Waals surface area contributed by atoms with E-state index in [1.54, 1.807) is 6.92 Å². The highest BCUT2D eigenvalue weighted by atomic mass is 16.4. The Bertz CT molecular complexity index is 436. The lowest BCUT2D eigenvalue weighted by Gasteiger charge is -2.29. The average Bonchev–Trinajstić information content (AvgIpc) is 2.48. The maximum Gasteiger partial charge on any atom is 0.303 e. The number of hydrogen-bond acceptors (Lipinski definition) is 6. The number of aliphatic carboxylic acids is 1. The van der Waals surface area contributed by atoms with Crippen molar-refractivity contribution in [3.8, 4) is 0 Å². The zero-order valence-corrected chi connectivity index (χ0v) is 15.3. The number of rotatable bonds is 12. The fourth-order valence-electron chi connectivity index (χ4n) is 1.88. The van der Waals surface area contributed by atoms with Crippen LogP contribution in [0.25, 0.3) is 0 Å². The molecule has 0 radical (unpaired) electrons. The highest BCUT2D eigenvalue weighted by molar-refractivity contribution is 5.90. The van der Waals surface area contributed by atoms with E-state index in [-0.39, 0.29) is 30.8 Å². The highest BCUT2D eigenvalue weighted by Gasteiger charge is 2.23. The minimum absolute atomic E-state index is 0.0141. The van der Waals surface area contributed by atoms with Gasteiger partial charge in [-0.25, -0.2) is 0 Å². The molecule has 0 aliphatic rings.